The van der Waals surface area contributed by atoms with E-state index >= 15 is 0 Å². The van der Waals surface area contributed by atoms with Gasteiger partial charge in [0.15, 0.2) is 0 Å². The molecular formula is C16H18N2O4. The molecule has 0 aliphatic heterocycles. The molecule has 1 aromatic heterocycles. The normalized spacial score (nSPS) is 10.9. The summed E-state index contributed by atoms with van der Waals surface area (Å²) in [6.07, 6.45) is 2.81. The molecule has 2 N–H and O–H groups in total. The van der Waals surface area contributed by atoms with Crippen molar-refractivity contribution in [2.24, 2.45) is 0 Å². The van der Waals surface area contributed by atoms with Crippen LogP contribution in [0.1, 0.15) is 16.1 Å². The third-order valence-corrected chi connectivity index (χ3v) is 3.26. The topological polar surface area (TPSA) is 80.4 Å². The second-order valence-electron chi connectivity index (χ2n) is 4.67. The summed E-state index contributed by atoms with van der Waals surface area (Å²) in [5, 5.41) is 3.54. The lowest BCUT2D eigenvalue weighted by Crippen LogP contribution is -2.24. The number of H-pyrrole nitrogens is 1. The van der Waals surface area contributed by atoms with Gasteiger partial charge in [0.25, 0.3) is 5.91 Å². The molecule has 0 unspecified atom stereocenters. The van der Waals surface area contributed by atoms with Gasteiger partial charge in [0.05, 0.1) is 19.8 Å². The first-order chi connectivity index (χ1) is 10.6. The summed E-state index contributed by atoms with van der Waals surface area (Å²) in [5.41, 5.74) is 2.21. The minimum Gasteiger partial charge on any atom is -0.497 e. The molecule has 0 atom stereocenters. The van der Waals surface area contributed by atoms with Gasteiger partial charge in [-0.15, -0.1) is 0 Å². The summed E-state index contributed by atoms with van der Waals surface area (Å²) < 4.78 is 9.67. The van der Waals surface area contributed by atoms with Gasteiger partial charge in [-0.05, 0) is 25.1 Å². The maximum atomic E-state index is 12.3. The number of hydrogen-bond donors (Lipinski definition) is 2. The molecule has 1 aromatic carbocycles. The quantitative estimate of drug-likeness (QED) is 0.653. The first kappa shape index (κ1) is 15.6. The number of aryl methyl sites for hydroxylation is 1. The number of carbonyl (C=O) groups excluding carboxylic acids is 2. The van der Waals surface area contributed by atoms with Crippen molar-refractivity contribution < 1.29 is 19.1 Å². The average molecular weight is 302 g/mol. The fourth-order valence-electron chi connectivity index (χ4n) is 2.19. The Bertz CT molecular complexity index is 731. The van der Waals surface area contributed by atoms with Crippen LogP contribution in [0.5, 0.6) is 5.75 Å². The van der Waals surface area contributed by atoms with Crippen LogP contribution in [0.4, 0.5) is 0 Å². The summed E-state index contributed by atoms with van der Waals surface area (Å²) >= 11 is 0. The molecule has 0 aliphatic carbocycles. The standard InChI is InChI=1S/C16H18N2O4/c1-10-15(16(20)17-8-4-5-14(19)22-3)12-9-11(21-2)6-7-13(12)18-10/h4-7,9,18H,8H2,1-3H3,(H,17,20)/b5-4+. The van der Waals surface area contributed by atoms with E-state index in [4.69, 9.17) is 4.74 Å². The number of benzene rings is 1. The number of nitrogens with one attached hydrogen (secondary N) is 2. The zero-order chi connectivity index (χ0) is 16.1. The fraction of sp³-hybridized carbons (Fsp3) is 0.250. The highest BCUT2D eigenvalue weighted by molar-refractivity contribution is 6.08. The van der Waals surface area contributed by atoms with Crippen LogP contribution in [-0.2, 0) is 9.53 Å². The number of aromatic nitrogens is 1. The molecule has 1 heterocycles. The molecule has 0 radical (unpaired) electrons. The van der Waals surface area contributed by atoms with E-state index < -0.39 is 5.97 Å². The summed E-state index contributed by atoms with van der Waals surface area (Å²) in [7, 11) is 2.88. The predicted octanol–water partition coefficient (Wildman–Crippen LogP) is 1.94. The summed E-state index contributed by atoms with van der Waals surface area (Å²) in [6.45, 7) is 2.08. The van der Waals surface area contributed by atoms with E-state index in [2.05, 4.69) is 15.0 Å². The van der Waals surface area contributed by atoms with Gasteiger partial charge in [-0.1, -0.05) is 6.08 Å². The largest absolute Gasteiger partial charge is 0.497 e. The molecular weight excluding hydrogens is 284 g/mol. The lowest BCUT2D eigenvalue weighted by Gasteiger charge is -2.04. The number of aromatic amines is 1. The van der Waals surface area contributed by atoms with Crippen LogP contribution in [0, 0.1) is 6.92 Å². The first-order valence-corrected chi connectivity index (χ1v) is 6.75. The van der Waals surface area contributed by atoms with Crippen molar-refractivity contribution >= 4 is 22.8 Å². The SMILES string of the molecule is COC(=O)/C=C/CNC(=O)c1c(C)[nH]c2ccc(OC)cc12. The zero-order valence-corrected chi connectivity index (χ0v) is 12.7. The van der Waals surface area contributed by atoms with Crippen molar-refractivity contribution in [2.75, 3.05) is 20.8 Å². The van der Waals surface area contributed by atoms with Gasteiger partial charge in [-0.3, -0.25) is 4.79 Å². The Balaban J connectivity index is 2.18. The Kier molecular flexibility index (Phi) is 4.83. The van der Waals surface area contributed by atoms with Gasteiger partial charge in [-0.25, -0.2) is 4.79 Å². The van der Waals surface area contributed by atoms with E-state index in [1.807, 2.05) is 25.1 Å². The van der Waals surface area contributed by atoms with Crippen molar-refractivity contribution in [2.45, 2.75) is 6.92 Å². The van der Waals surface area contributed by atoms with Crippen LogP contribution in [-0.4, -0.2) is 37.6 Å². The Morgan fingerprint density at radius 2 is 2.09 bits per heavy atom. The van der Waals surface area contributed by atoms with Crippen molar-refractivity contribution in [3.63, 3.8) is 0 Å². The monoisotopic (exact) mass is 302 g/mol. The third kappa shape index (κ3) is 3.28. The number of ether oxygens (including phenoxy) is 2. The highest BCUT2D eigenvalue weighted by atomic mass is 16.5. The second kappa shape index (κ2) is 6.80. The number of amides is 1. The van der Waals surface area contributed by atoms with Crippen molar-refractivity contribution in [3.05, 3.63) is 41.6 Å². The molecule has 0 saturated heterocycles. The summed E-state index contributed by atoms with van der Waals surface area (Å²) in [6, 6.07) is 5.52. The summed E-state index contributed by atoms with van der Waals surface area (Å²) in [5.74, 6) is 0.0138. The molecule has 22 heavy (non-hydrogen) atoms. The molecule has 0 fully saturated rings. The van der Waals surface area contributed by atoms with Gasteiger partial charge >= 0.3 is 5.97 Å². The number of carbonyl (C=O) groups is 2. The highest BCUT2D eigenvalue weighted by Crippen LogP contribution is 2.26. The number of esters is 1. The molecule has 1 amide bonds. The Hall–Kier alpha value is -2.76. The molecule has 0 saturated carbocycles. The van der Waals surface area contributed by atoms with E-state index in [-0.39, 0.29) is 12.5 Å². The van der Waals surface area contributed by atoms with Crippen LogP contribution in [0.15, 0.2) is 30.4 Å². The Morgan fingerprint density at radius 1 is 1.32 bits per heavy atom. The maximum absolute atomic E-state index is 12.3. The predicted molar refractivity (Wildman–Crippen MR) is 83.1 cm³/mol. The van der Waals surface area contributed by atoms with Gasteiger partial charge in [0.2, 0.25) is 0 Å². The minimum absolute atomic E-state index is 0.216. The van der Waals surface area contributed by atoms with Gasteiger partial charge in [-0.2, -0.15) is 0 Å². The first-order valence-electron chi connectivity index (χ1n) is 6.75. The van der Waals surface area contributed by atoms with E-state index in [0.717, 1.165) is 16.6 Å². The average Bonchev–Trinajstić information content (AvgIpc) is 2.85. The molecule has 2 aromatic rings. The van der Waals surface area contributed by atoms with Crippen LogP contribution in [0.25, 0.3) is 10.9 Å². The molecule has 2 rings (SSSR count). The number of hydrogen-bond acceptors (Lipinski definition) is 4. The smallest absolute Gasteiger partial charge is 0.330 e. The van der Waals surface area contributed by atoms with E-state index in [1.165, 1.54) is 19.3 Å². The lowest BCUT2D eigenvalue weighted by molar-refractivity contribution is -0.134. The maximum Gasteiger partial charge on any atom is 0.330 e. The number of methoxy groups -OCH3 is 2. The fourth-order valence-corrected chi connectivity index (χ4v) is 2.19. The van der Waals surface area contributed by atoms with Gasteiger partial charge in [0, 0.05) is 29.2 Å². The van der Waals surface area contributed by atoms with Crippen LogP contribution in [0.2, 0.25) is 0 Å². The molecule has 0 aliphatic rings. The van der Waals surface area contributed by atoms with Crippen molar-refractivity contribution in [3.8, 4) is 5.75 Å². The van der Waals surface area contributed by atoms with Gasteiger partial charge in [0.1, 0.15) is 5.75 Å². The van der Waals surface area contributed by atoms with Gasteiger partial charge < -0.3 is 19.8 Å². The molecule has 6 nitrogen and oxygen atoms in total. The lowest BCUT2D eigenvalue weighted by atomic mass is 10.1. The number of rotatable bonds is 5. The second-order valence-corrected chi connectivity index (χ2v) is 4.67. The third-order valence-electron chi connectivity index (χ3n) is 3.26. The van der Waals surface area contributed by atoms with E-state index in [9.17, 15) is 9.59 Å². The van der Waals surface area contributed by atoms with E-state index in [0.29, 0.717) is 11.3 Å². The van der Waals surface area contributed by atoms with E-state index in [1.54, 1.807) is 7.11 Å². The van der Waals surface area contributed by atoms with Crippen LogP contribution in [0.3, 0.4) is 0 Å². The molecule has 0 bridgehead atoms. The zero-order valence-electron chi connectivity index (χ0n) is 12.7. The number of fused-ring (bicyclic) bond motifs is 1. The highest BCUT2D eigenvalue weighted by Gasteiger charge is 2.15. The van der Waals surface area contributed by atoms with Crippen molar-refractivity contribution in [1.82, 2.24) is 10.3 Å². The Morgan fingerprint density at radius 3 is 2.77 bits per heavy atom. The molecule has 116 valence electrons. The minimum atomic E-state index is -0.456. The molecule has 0 spiro atoms. The molecule has 6 heteroatoms. The van der Waals surface area contributed by atoms with Crippen LogP contribution >= 0.6 is 0 Å². The van der Waals surface area contributed by atoms with Crippen LogP contribution < -0.4 is 10.1 Å². The summed E-state index contributed by atoms with van der Waals surface area (Å²) in [4.78, 5) is 26.4. The van der Waals surface area contributed by atoms with Crippen molar-refractivity contribution in [1.29, 1.82) is 0 Å². The Labute approximate surface area is 128 Å².